The van der Waals surface area contributed by atoms with E-state index in [9.17, 15) is 18.0 Å². The van der Waals surface area contributed by atoms with E-state index in [4.69, 9.17) is 9.84 Å². The van der Waals surface area contributed by atoms with Gasteiger partial charge in [0.05, 0.1) is 18.8 Å². The Hall–Kier alpha value is -1.54. The lowest BCUT2D eigenvalue weighted by molar-refractivity contribution is -0.140. The molecule has 8 heteroatoms. The number of aliphatic hydroxyl groups is 1. The van der Waals surface area contributed by atoms with Gasteiger partial charge in [-0.05, 0) is 19.1 Å². The largest absolute Gasteiger partial charge is 0.406 e. The fourth-order valence-corrected chi connectivity index (χ4v) is 2.41. The van der Waals surface area contributed by atoms with Gasteiger partial charge in [0.25, 0.3) is 5.91 Å². The van der Waals surface area contributed by atoms with E-state index >= 15 is 0 Å². The molecule has 2 atom stereocenters. The highest BCUT2D eigenvalue weighted by Gasteiger charge is 2.32. The van der Waals surface area contributed by atoms with Crippen molar-refractivity contribution in [3.63, 3.8) is 0 Å². The van der Waals surface area contributed by atoms with Crippen LogP contribution in [0.2, 0.25) is 0 Å². The van der Waals surface area contributed by atoms with Crippen LogP contribution in [0.5, 0.6) is 0 Å². The lowest BCUT2D eigenvalue weighted by Gasteiger charge is -2.36. The van der Waals surface area contributed by atoms with Crippen LogP contribution in [0, 0.1) is 0 Å². The van der Waals surface area contributed by atoms with Crippen molar-refractivity contribution in [3.8, 4) is 0 Å². The summed E-state index contributed by atoms with van der Waals surface area (Å²) < 4.78 is 43.8. The molecule has 1 aromatic heterocycles. The maximum Gasteiger partial charge on any atom is 0.406 e. The van der Waals surface area contributed by atoms with Gasteiger partial charge in [-0.1, -0.05) is 0 Å². The number of nitrogens with zero attached hydrogens (tertiary/aromatic N) is 2. The van der Waals surface area contributed by atoms with Crippen molar-refractivity contribution in [2.24, 2.45) is 0 Å². The van der Waals surface area contributed by atoms with E-state index in [0.717, 1.165) is 4.57 Å². The number of carbonyl (C=O) groups is 1. The molecule has 1 aliphatic heterocycles. The number of alkyl halides is 3. The van der Waals surface area contributed by atoms with E-state index in [0.29, 0.717) is 0 Å². The second-order valence-corrected chi connectivity index (χ2v) is 5.10. The number of halogens is 3. The SMILES string of the molecule is CC1CN(C(=O)c2cccn2CC(F)(F)F)CC(CO)O1. The molecule has 2 unspecified atom stereocenters. The van der Waals surface area contributed by atoms with Crippen molar-refractivity contribution >= 4 is 5.91 Å². The molecule has 1 aromatic rings. The molecule has 0 bridgehead atoms. The molecule has 21 heavy (non-hydrogen) atoms. The summed E-state index contributed by atoms with van der Waals surface area (Å²) in [5.74, 6) is -0.488. The zero-order valence-corrected chi connectivity index (χ0v) is 11.5. The van der Waals surface area contributed by atoms with Gasteiger partial charge in [0.1, 0.15) is 12.2 Å². The fraction of sp³-hybridized carbons (Fsp3) is 0.615. The first-order valence-electron chi connectivity index (χ1n) is 6.57. The van der Waals surface area contributed by atoms with Crippen LogP contribution in [0.3, 0.4) is 0 Å². The second kappa shape index (κ2) is 6.07. The molecule has 2 rings (SSSR count). The third-order valence-corrected chi connectivity index (χ3v) is 3.22. The lowest BCUT2D eigenvalue weighted by Crippen LogP contribution is -2.50. The minimum Gasteiger partial charge on any atom is -0.394 e. The monoisotopic (exact) mass is 306 g/mol. The number of aromatic nitrogens is 1. The summed E-state index contributed by atoms with van der Waals surface area (Å²) in [5.41, 5.74) is -0.0156. The van der Waals surface area contributed by atoms with Crippen molar-refractivity contribution in [2.45, 2.75) is 31.9 Å². The smallest absolute Gasteiger partial charge is 0.394 e. The molecule has 1 amide bonds. The molecule has 0 spiro atoms. The molecule has 0 saturated carbocycles. The zero-order valence-electron chi connectivity index (χ0n) is 11.5. The predicted molar refractivity (Wildman–Crippen MR) is 67.8 cm³/mol. The number of hydrogen-bond acceptors (Lipinski definition) is 3. The number of rotatable bonds is 3. The van der Waals surface area contributed by atoms with Crippen molar-refractivity contribution in [1.29, 1.82) is 0 Å². The predicted octanol–water partition coefficient (Wildman–Crippen LogP) is 1.27. The summed E-state index contributed by atoms with van der Waals surface area (Å²) >= 11 is 0. The van der Waals surface area contributed by atoms with Crippen LogP contribution < -0.4 is 0 Å². The Morgan fingerprint density at radius 3 is 2.81 bits per heavy atom. The Labute approximate surface area is 119 Å². The molecule has 1 N–H and O–H groups in total. The first-order valence-corrected chi connectivity index (χ1v) is 6.57. The van der Waals surface area contributed by atoms with E-state index in [-0.39, 0.29) is 31.5 Å². The number of ether oxygens (including phenoxy) is 1. The molecule has 0 aromatic carbocycles. The van der Waals surface area contributed by atoms with Crippen LogP contribution >= 0.6 is 0 Å². The van der Waals surface area contributed by atoms with E-state index < -0.39 is 24.7 Å². The van der Waals surface area contributed by atoms with Gasteiger partial charge >= 0.3 is 6.18 Å². The molecular weight excluding hydrogens is 289 g/mol. The van der Waals surface area contributed by atoms with Crippen molar-refractivity contribution in [1.82, 2.24) is 9.47 Å². The van der Waals surface area contributed by atoms with Gasteiger partial charge in [-0.2, -0.15) is 13.2 Å². The molecule has 0 aliphatic carbocycles. The zero-order chi connectivity index (χ0) is 15.6. The summed E-state index contributed by atoms with van der Waals surface area (Å²) in [7, 11) is 0. The van der Waals surface area contributed by atoms with Crippen molar-refractivity contribution < 1.29 is 27.8 Å². The van der Waals surface area contributed by atoms with Crippen LogP contribution in [-0.2, 0) is 11.3 Å². The Morgan fingerprint density at radius 2 is 2.19 bits per heavy atom. The van der Waals surface area contributed by atoms with Gasteiger partial charge in [0.2, 0.25) is 0 Å². The minimum atomic E-state index is -4.39. The standard InChI is InChI=1S/C13H17F3N2O3/c1-9-5-18(6-10(7-19)21-9)12(20)11-3-2-4-17(11)8-13(14,15)16/h2-4,9-10,19H,5-8H2,1H3. The summed E-state index contributed by atoms with van der Waals surface area (Å²) in [5, 5.41) is 9.13. The minimum absolute atomic E-state index is 0.0156. The van der Waals surface area contributed by atoms with E-state index in [1.807, 2.05) is 0 Å². The Bertz CT molecular complexity index is 501. The molecule has 2 heterocycles. The topological polar surface area (TPSA) is 54.7 Å². The van der Waals surface area contributed by atoms with Crippen LogP contribution in [0.25, 0.3) is 0 Å². The summed E-state index contributed by atoms with van der Waals surface area (Å²) in [6.07, 6.45) is -3.94. The molecule has 118 valence electrons. The summed E-state index contributed by atoms with van der Waals surface area (Å²) in [6, 6.07) is 2.77. The van der Waals surface area contributed by atoms with Gasteiger partial charge in [0, 0.05) is 19.3 Å². The molecule has 1 saturated heterocycles. The highest BCUT2D eigenvalue weighted by Crippen LogP contribution is 2.21. The van der Waals surface area contributed by atoms with E-state index in [1.54, 1.807) is 6.92 Å². The summed E-state index contributed by atoms with van der Waals surface area (Å²) in [6.45, 7) is 0.752. The van der Waals surface area contributed by atoms with Crippen LogP contribution in [0.4, 0.5) is 13.2 Å². The van der Waals surface area contributed by atoms with E-state index in [2.05, 4.69) is 0 Å². The quantitative estimate of drug-likeness (QED) is 0.915. The van der Waals surface area contributed by atoms with Gasteiger partial charge in [-0.15, -0.1) is 0 Å². The van der Waals surface area contributed by atoms with Gasteiger partial charge in [-0.3, -0.25) is 4.79 Å². The summed E-state index contributed by atoms with van der Waals surface area (Å²) in [4.78, 5) is 13.8. The molecule has 1 aliphatic rings. The van der Waals surface area contributed by atoms with Crippen molar-refractivity contribution in [3.05, 3.63) is 24.0 Å². The third kappa shape index (κ3) is 3.98. The van der Waals surface area contributed by atoms with Crippen LogP contribution in [0.1, 0.15) is 17.4 Å². The Balaban J connectivity index is 2.15. The Kier molecular flexibility index (Phi) is 4.58. The molecule has 5 nitrogen and oxygen atoms in total. The average Bonchev–Trinajstić information content (AvgIpc) is 2.82. The highest BCUT2D eigenvalue weighted by molar-refractivity contribution is 5.92. The average molecular weight is 306 g/mol. The first-order chi connectivity index (χ1) is 9.80. The number of aliphatic hydroxyl groups excluding tert-OH is 1. The normalized spacial score (nSPS) is 23.4. The number of amides is 1. The number of carbonyl (C=O) groups excluding carboxylic acids is 1. The van der Waals surface area contributed by atoms with E-state index in [1.165, 1.54) is 23.2 Å². The first kappa shape index (κ1) is 15.8. The van der Waals surface area contributed by atoms with Gasteiger partial charge in [-0.25, -0.2) is 0 Å². The number of morpholine rings is 1. The number of hydrogen-bond donors (Lipinski definition) is 1. The highest BCUT2D eigenvalue weighted by atomic mass is 19.4. The maximum absolute atomic E-state index is 12.5. The fourth-order valence-electron chi connectivity index (χ4n) is 2.41. The van der Waals surface area contributed by atoms with Gasteiger partial charge in [0.15, 0.2) is 0 Å². The third-order valence-electron chi connectivity index (χ3n) is 3.22. The molecule has 1 fully saturated rings. The van der Waals surface area contributed by atoms with Crippen LogP contribution in [0.15, 0.2) is 18.3 Å². The van der Waals surface area contributed by atoms with Crippen LogP contribution in [-0.4, -0.2) is 58.6 Å². The maximum atomic E-state index is 12.5. The Morgan fingerprint density at radius 1 is 1.48 bits per heavy atom. The molecule has 0 radical (unpaired) electrons. The van der Waals surface area contributed by atoms with Gasteiger partial charge < -0.3 is 19.3 Å². The lowest BCUT2D eigenvalue weighted by atomic mass is 10.2. The second-order valence-electron chi connectivity index (χ2n) is 5.10. The molecular formula is C13H17F3N2O3. The van der Waals surface area contributed by atoms with Crippen molar-refractivity contribution in [2.75, 3.05) is 19.7 Å².